The predicted molar refractivity (Wildman–Crippen MR) is 107 cm³/mol. The number of Topliss-reactive ketones (excluding diaryl/α,β-unsaturated/α-hetero) is 1. The molecule has 0 radical (unpaired) electrons. The molecule has 0 fully saturated rings. The SMILES string of the molecule is CC(C)C(=O)c1ccc(S(=O)(=O)Nc2cc(-c3cccc([N+](=O)[O-])c3)[nH]n2)cc1. The van der Waals surface area contributed by atoms with E-state index in [9.17, 15) is 23.3 Å². The first-order chi connectivity index (χ1) is 13.7. The Labute approximate surface area is 167 Å². The molecule has 150 valence electrons. The van der Waals surface area contributed by atoms with Crippen molar-refractivity contribution in [3.05, 3.63) is 70.3 Å². The van der Waals surface area contributed by atoms with Crippen molar-refractivity contribution in [3.63, 3.8) is 0 Å². The van der Waals surface area contributed by atoms with E-state index in [4.69, 9.17) is 0 Å². The number of H-pyrrole nitrogens is 1. The molecule has 0 aliphatic rings. The molecule has 0 atom stereocenters. The Morgan fingerprint density at radius 1 is 1.14 bits per heavy atom. The third kappa shape index (κ3) is 4.49. The van der Waals surface area contributed by atoms with Crippen LogP contribution in [-0.4, -0.2) is 29.3 Å². The van der Waals surface area contributed by atoms with Crippen LogP contribution in [0.1, 0.15) is 24.2 Å². The molecule has 0 aliphatic carbocycles. The summed E-state index contributed by atoms with van der Waals surface area (Å²) in [6.07, 6.45) is 0. The highest BCUT2D eigenvalue weighted by Crippen LogP contribution is 2.25. The molecule has 2 N–H and O–H groups in total. The summed E-state index contributed by atoms with van der Waals surface area (Å²) < 4.78 is 27.5. The fraction of sp³-hybridized carbons (Fsp3) is 0.158. The van der Waals surface area contributed by atoms with Gasteiger partial charge in [-0.3, -0.25) is 24.7 Å². The van der Waals surface area contributed by atoms with Crippen molar-refractivity contribution < 1.29 is 18.1 Å². The van der Waals surface area contributed by atoms with Crippen molar-refractivity contribution in [2.24, 2.45) is 5.92 Å². The predicted octanol–water partition coefficient (Wildman–Crippen LogP) is 3.62. The minimum absolute atomic E-state index is 0.0160. The first kappa shape index (κ1) is 20.2. The number of nitro benzene ring substituents is 1. The first-order valence-corrected chi connectivity index (χ1v) is 10.1. The van der Waals surface area contributed by atoms with Crippen LogP contribution in [0.15, 0.2) is 59.5 Å². The van der Waals surface area contributed by atoms with Gasteiger partial charge in [0.25, 0.3) is 15.7 Å². The zero-order valence-electron chi connectivity index (χ0n) is 15.6. The van der Waals surface area contributed by atoms with Crippen LogP contribution < -0.4 is 4.72 Å². The van der Waals surface area contributed by atoms with Gasteiger partial charge in [-0.25, -0.2) is 8.42 Å². The summed E-state index contributed by atoms with van der Waals surface area (Å²) in [6.45, 7) is 3.54. The smallest absolute Gasteiger partial charge is 0.270 e. The minimum Gasteiger partial charge on any atom is -0.294 e. The number of nitrogens with one attached hydrogen (secondary N) is 2. The highest BCUT2D eigenvalue weighted by molar-refractivity contribution is 7.92. The topological polar surface area (TPSA) is 135 Å². The maximum Gasteiger partial charge on any atom is 0.270 e. The third-order valence-corrected chi connectivity index (χ3v) is 5.53. The van der Waals surface area contributed by atoms with Crippen LogP contribution in [0.25, 0.3) is 11.3 Å². The fourth-order valence-corrected chi connectivity index (χ4v) is 3.63. The number of nitrogens with zero attached hydrogens (tertiary/aromatic N) is 2. The standard InChI is InChI=1S/C19H18N4O5S/c1-12(2)19(24)13-6-8-16(9-7-13)29(27,28)22-18-11-17(20-21-18)14-4-3-5-15(10-14)23(25)26/h3-12H,1-2H3,(H2,20,21,22). The Kier molecular flexibility index (Phi) is 5.46. The normalized spacial score (nSPS) is 11.4. The lowest BCUT2D eigenvalue weighted by atomic mass is 10.0. The number of aromatic nitrogens is 2. The second-order valence-electron chi connectivity index (χ2n) is 6.62. The summed E-state index contributed by atoms with van der Waals surface area (Å²) in [5.41, 5.74) is 1.26. The van der Waals surface area contributed by atoms with Gasteiger partial charge in [0.2, 0.25) is 0 Å². The van der Waals surface area contributed by atoms with Gasteiger partial charge in [0.15, 0.2) is 11.6 Å². The van der Waals surface area contributed by atoms with E-state index in [0.717, 1.165) is 0 Å². The van der Waals surface area contributed by atoms with Crippen LogP contribution in [0.4, 0.5) is 11.5 Å². The molecule has 0 saturated heterocycles. The Morgan fingerprint density at radius 2 is 1.83 bits per heavy atom. The lowest BCUT2D eigenvalue weighted by molar-refractivity contribution is -0.384. The number of nitro groups is 1. The number of non-ortho nitro benzene ring substituents is 1. The van der Waals surface area contributed by atoms with Crippen molar-refractivity contribution in [3.8, 4) is 11.3 Å². The van der Waals surface area contributed by atoms with Gasteiger partial charge in [-0.15, -0.1) is 0 Å². The lowest BCUT2D eigenvalue weighted by Gasteiger charge is -2.07. The molecule has 9 nitrogen and oxygen atoms in total. The van der Waals surface area contributed by atoms with Crippen LogP contribution in [0.2, 0.25) is 0 Å². The van der Waals surface area contributed by atoms with E-state index in [2.05, 4.69) is 14.9 Å². The van der Waals surface area contributed by atoms with Gasteiger partial charge in [-0.05, 0) is 12.1 Å². The van der Waals surface area contributed by atoms with Crippen molar-refractivity contribution in [1.82, 2.24) is 10.2 Å². The lowest BCUT2D eigenvalue weighted by Crippen LogP contribution is -2.14. The van der Waals surface area contributed by atoms with E-state index in [0.29, 0.717) is 16.8 Å². The number of aromatic amines is 1. The van der Waals surface area contributed by atoms with Gasteiger partial charge in [0.05, 0.1) is 15.5 Å². The molecule has 0 spiro atoms. The Balaban J connectivity index is 1.80. The van der Waals surface area contributed by atoms with Crippen LogP contribution in [-0.2, 0) is 10.0 Å². The minimum atomic E-state index is -3.92. The van der Waals surface area contributed by atoms with Gasteiger partial charge >= 0.3 is 0 Å². The number of anilines is 1. The summed E-state index contributed by atoms with van der Waals surface area (Å²) in [7, 11) is -3.92. The van der Waals surface area contributed by atoms with E-state index in [1.54, 1.807) is 19.9 Å². The van der Waals surface area contributed by atoms with Crippen LogP contribution in [0.3, 0.4) is 0 Å². The first-order valence-electron chi connectivity index (χ1n) is 8.65. The Bertz CT molecular complexity index is 1170. The summed E-state index contributed by atoms with van der Waals surface area (Å²) in [5.74, 6) is -0.225. The molecule has 1 aromatic heterocycles. The molecular formula is C19H18N4O5S. The van der Waals surface area contributed by atoms with E-state index in [-0.39, 0.29) is 28.1 Å². The van der Waals surface area contributed by atoms with Gasteiger partial charge < -0.3 is 0 Å². The molecule has 1 heterocycles. The van der Waals surface area contributed by atoms with E-state index >= 15 is 0 Å². The Morgan fingerprint density at radius 3 is 2.45 bits per heavy atom. The zero-order chi connectivity index (χ0) is 21.2. The van der Waals surface area contributed by atoms with Gasteiger partial charge in [0.1, 0.15) is 0 Å². The van der Waals surface area contributed by atoms with Crippen LogP contribution in [0.5, 0.6) is 0 Å². The van der Waals surface area contributed by atoms with Crippen molar-refractivity contribution in [1.29, 1.82) is 0 Å². The molecular weight excluding hydrogens is 396 g/mol. The largest absolute Gasteiger partial charge is 0.294 e. The summed E-state index contributed by atoms with van der Waals surface area (Å²) in [4.78, 5) is 22.4. The molecule has 10 heteroatoms. The monoisotopic (exact) mass is 414 g/mol. The van der Waals surface area contributed by atoms with Crippen molar-refractivity contribution >= 4 is 27.3 Å². The number of ketones is 1. The number of hydrogen-bond acceptors (Lipinski definition) is 6. The average Bonchev–Trinajstić information content (AvgIpc) is 3.15. The number of sulfonamides is 1. The molecule has 0 unspecified atom stereocenters. The van der Waals surface area contributed by atoms with Gasteiger partial charge in [-0.1, -0.05) is 38.1 Å². The maximum atomic E-state index is 12.6. The second kappa shape index (κ2) is 7.84. The maximum absolute atomic E-state index is 12.6. The molecule has 0 bridgehead atoms. The number of benzene rings is 2. The van der Waals surface area contributed by atoms with Crippen molar-refractivity contribution in [2.75, 3.05) is 4.72 Å². The van der Waals surface area contributed by atoms with E-state index in [1.807, 2.05) is 0 Å². The average molecular weight is 414 g/mol. The molecule has 0 saturated carbocycles. The molecule has 29 heavy (non-hydrogen) atoms. The van der Waals surface area contributed by atoms with E-state index in [1.165, 1.54) is 48.5 Å². The highest BCUT2D eigenvalue weighted by atomic mass is 32.2. The van der Waals surface area contributed by atoms with Crippen LogP contribution in [0, 0.1) is 16.0 Å². The Hall–Kier alpha value is -3.53. The number of carbonyl (C=O) groups is 1. The van der Waals surface area contributed by atoms with Crippen LogP contribution >= 0.6 is 0 Å². The van der Waals surface area contributed by atoms with Gasteiger partial charge in [-0.2, -0.15) is 5.10 Å². The zero-order valence-corrected chi connectivity index (χ0v) is 16.4. The number of rotatable bonds is 7. The summed E-state index contributed by atoms with van der Waals surface area (Å²) >= 11 is 0. The molecule has 2 aromatic carbocycles. The molecule has 0 aliphatic heterocycles. The quantitative estimate of drug-likeness (QED) is 0.344. The summed E-state index contributed by atoms with van der Waals surface area (Å²) in [5, 5.41) is 17.5. The second-order valence-corrected chi connectivity index (χ2v) is 8.31. The molecule has 3 rings (SSSR count). The fourth-order valence-electron chi connectivity index (χ4n) is 2.64. The highest BCUT2D eigenvalue weighted by Gasteiger charge is 2.18. The van der Waals surface area contributed by atoms with E-state index < -0.39 is 14.9 Å². The number of hydrogen-bond donors (Lipinski definition) is 2. The summed E-state index contributed by atoms with van der Waals surface area (Å²) in [6, 6.07) is 13.0. The molecule has 3 aromatic rings. The third-order valence-electron chi connectivity index (χ3n) is 4.16. The molecule has 0 amide bonds. The van der Waals surface area contributed by atoms with Gasteiger partial charge in [0, 0.05) is 35.2 Å². The van der Waals surface area contributed by atoms with Crippen molar-refractivity contribution in [2.45, 2.75) is 18.7 Å². The number of carbonyl (C=O) groups excluding carboxylic acids is 1.